The van der Waals surface area contributed by atoms with Gasteiger partial charge in [-0.2, -0.15) is 0 Å². The van der Waals surface area contributed by atoms with E-state index >= 15 is 0 Å². The highest BCUT2D eigenvalue weighted by Gasteiger charge is 2.39. The van der Waals surface area contributed by atoms with Crippen molar-refractivity contribution < 1.29 is 53.3 Å². The van der Waals surface area contributed by atoms with E-state index in [9.17, 15) is 38.8 Å². The molecule has 0 spiro atoms. The molecule has 0 radical (unpaired) electrons. The molecule has 4 atom stereocenters. The number of rotatable bonds is 8. The fourth-order valence-corrected chi connectivity index (χ4v) is 7.31. The van der Waals surface area contributed by atoms with E-state index < -0.39 is 37.0 Å². The number of nitrogens with one attached hydrogen (secondary N) is 2. The summed E-state index contributed by atoms with van der Waals surface area (Å²) < 4.78 is 0. The van der Waals surface area contributed by atoms with Crippen molar-refractivity contribution in [3.05, 3.63) is 0 Å². The highest BCUT2D eigenvalue weighted by atomic mass is 17.2. The van der Waals surface area contributed by atoms with Crippen molar-refractivity contribution in [2.45, 2.75) is 57.4 Å². The summed E-state index contributed by atoms with van der Waals surface area (Å²) in [4.78, 5) is 101. The monoisotopic (exact) mass is 722 g/mol. The molecule has 4 aliphatic heterocycles. The van der Waals surface area contributed by atoms with Crippen LogP contribution in [0.25, 0.3) is 0 Å². The van der Waals surface area contributed by atoms with Crippen molar-refractivity contribution in [1.29, 1.82) is 0 Å². The van der Waals surface area contributed by atoms with E-state index in [1.54, 1.807) is 6.92 Å². The van der Waals surface area contributed by atoms with Crippen LogP contribution in [-0.4, -0.2) is 186 Å². The Hall–Kier alpha value is -3.40. The van der Waals surface area contributed by atoms with Crippen molar-refractivity contribution in [1.82, 2.24) is 40.5 Å². The first-order valence-corrected chi connectivity index (χ1v) is 18.0. The molecule has 4 bridgehead atoms. The van der Waals surface area contributed by atoms with Gasteiger partial charge < -0.3 is 25.6 Å². The number of amides is 3. The Morgan fingerprint density at radius 3 is 1.78 bits per heavy atom. The molecule has 5 fully saturated rings. The van der Waals surface area contributed by atoms with Crippen molar-refractivity contribution in [3.63, 3.8) is 0 Å². The van der Waals surface area contributed by atoms with Gasteiger partial charge in [0.2, 0.25) is 23.1 Å². The van der Waals surface area contributed by atoms with E-state index in [4.69, 9.17) is 14.5 Å². The topological polar surface area (TPSA) is 214 Å². The summed E-state index contributed by atoms with van der Waals surface area (Å²) in [6.07, 6.45) is 3.95. The minimum absolute atomic E-state index is 0.0770. The van der Waals surface area contributed by atoms with Crippen LogP contribution in [0.1, 0.15) is 45.4 Å². The average Bonchev–Trinajstić information content (AvgIpc) is 3.57. The molecule has 0 aromatic rings. The maximum absolute atomic E-state index is 13.2. The van der Waals surface area contributed by atoms with E-state index in [-0.39, 0.29) is 61.1 Å². The molecule has 284 valence electrons. The van der Waals surface area contributed by atoms with Gasteiger partial charge in [0.25, 0.3) is 0 Å². The van der Waals surface area contributed by atoms with Crippen LogP contribution >= 0.6 is 0 Å². The Balaban J connectivity index is 1.09. The maximum atomic E-state index is 13.2. The molecule has 0 aromatic carbocycles. The zero-order valence-electron chi connectivity index (χ0n) is 29.3. The SMILES string of the molecule is C[C@@H](NC(=O)C1CCC(CNC(=O)CN2CCN3CCN4CCN(CC2)CC(=O)ON(OC(=O)C3)OC(=O)C4)CC1)C(=O)N1CCC[C@H]1B(O)O. The highest BCUT2D eigenvalue weighted by Crippen LogP contribution is 2.29. The Bertz CT molecular complexity index is 1240. The van der Waals surface area contributed by atoms with Gasteiger partial charge in [-0.1, -0.05) is 0 Å². The van der Waals surface area contributed by atoms with Gasteiger partial charge in [0, 0.05) is 71.4 Å². The first kappa shape index (κ1) is 38.8. The normalized spacial score (nSPS) is 31.8. The zero-order chi connectivity index (χ0) is 36.5. The van der Waals surface area contributed by atoms with Crippen LogP contribution in [0, 0.1) is 11.8 Å². The molecule has 19 nitrogen and oxygen atoms in total. The van der Waals surface area contributed by atoms with Crippen molar-refractivity contribution >= 4 is 42.7 Å². The van der Waals surface area contributed by atoms with Crippen molar-refractivity contribution in [2.75, 3.05) is 91.6 Å². The molecule has 5 rings (SSSR count). The fraction of sp³-hybridized carbons (Fsp3) is 0.806. The number of hydrogen-bond donors (Lipinski definition) is 4. The Morgan fingerprint density at radius 1 is 0.765 bits per heavy atom. The first-order chi connectivity index (χ1) is 24.4. The second kappa shape index (κ2) is 18.4. The molecule has 2 unspecified atom stereocenters. The van der Waals surface area contributed by atoms with Gasteiger partial charge in [-0.3, -0.25) is 48.5 Å². The summed E-state index contributed by atoms with van der Waals surface area (Å²) in [5, 5.41) is 25.3. The van der Waals surface area contributed by atoms with Gasteiger partial charge in [-0.15, -0.1) is 0 Å². The minimum Gasteiger partial charge on any atom is -0.426 e. The summed E-state index contributed by atoms with van der Waals surface area (Å²) in [7, 11) is -1.61. The van der Waals surface area contributed by atoms with Crippen molar-refractivity contribution in [2.24, 2.45) is 11.8 Å². The molecule has 1 saturated carbocycles. The lowest BCUT2D eigenvalue weighted by atomic mass is 9.77. The third kappa shape index (κ3) is 11.5. The number of carbonyl (C=O) groups excluding carboxylic acids is 6. The third-order valence-electron chi connectivity index (χ3n) is 10.3. The molecule has 20 heteroatoms. The van der Waals surface area contributed by atoms with Gasteiger partial charge >= 0.3 is 25.0 Å². The standard InChI is InChI=1S/C31H51BN8O11/c1-22(31(46)39-8-2-3-25(39)32(47)48)34-30(45)24-6-4-23(5-7-24)17-33-26(41)18-35-9-11-36-13-15-38-16-14-37(12-10-35)20-28(43)50-40(49-27(42)19-36)51-29(44)21-38/h22-25,47-48H,2-21H2,1H3,(H,33,41)(H,34,45)/t22-,23?,24?,25+/m1/s1. The summed E-state index contributed by atoms with van der Waals surface area (Å²) in [5.74, 6) is -3.62. The molecule has 4 heterocycles. The number of likely N-dealkylation sites (tertiary alicyclic amines) is 1. The van der Waals surface area contributed by atoms with Gasteiger partial charge in [-0.25, -0.2) is 14.4 Å². The van der Waals surface area contributed by atoms with Crippen LogP contribution in [0.15, 0.2) is 0 Å². The van der Waals surface area contributed by atoms with Crippen LogP contribution in [0.3, 0.4) is 0 Å². The lowest BCUT2D eigenvalue weighted by Gasteiger charge is -2.33. The molecule has 4 N–H and O–H groups in total. The molecular formula is C31H51BN8O11. The lowest BCUT2D eigenvalue weighted by molar-refractivity contribution is -0.464. The van der Waals surface area contributed by atoms with E-state index in [1.165, 1.54) is 4.90 Å². The number of hydrogen-bond acceptors (Lipinski definition) is 16. The largest absolute Gasteiger partial charge is 0.475 e. The van der Waals surface area contributed by atoms with E-state index in [2.05, 4.69) is 10.6 Å². The number of nitrogens with zero attached hydrogens (tertiary/aromatic N) is 6. The van der Waals surface area contributed by atoms with Crippen LogP contribution in [0.2, 0.25) is 0 Å². The second-order valence-electron chi connectivity index (χ2n) is 14.1. The van der Waals surface area contributed by atoms with Crippen LogP contribution < -0.4 is 10.6 Å². The van der Waals surface area contributed by atoms with Gasteiger partial charge in [0.15, 0.2) is 0 Å². The quantitative estimate of drug-likeness (QED) is 0.178. The van der Waals surface area contributed by atoms with Crippen LogP contribution in [0.4, 0.5) is 0 Å². The molecular weight excluding hydrogens is 671 g/mol. The van der Waals surface area contributed by atoms with E-state index in [1.807, 2.05) is 19.6 Å². The molecule has 1 aliphatic carbocycles. The average molecular weight is 723 g/mol. The predicted molar refractivity (Wildman–Crippen MR) is 177 cm³/mol. The fourth-order valence-electron chi connectivity index (χ4n) is 7.31. The molecule has 51 heavy (non-hydrogen) atoms. The van der Waals surface area contributed by atoms with Gasteiger partial charge in [0.1, 0.15) is 6.04 Å². The highest BCUT2D eigenvalue weighted by molar-refractivity contribution is 6.43. The van der Waals surface area contributed by atoms with E-state index in [0.29, 0.717) is 91.1 Å². The second-order valence-corrected chi connectivity index (χ2v) is 14.1. The molecule has 4 saturated heterocycles. The smallest absolute Gasteiger partial charge is 0.426 e. The van der Waals surface area contributed by atoms with Crippen LogP contribution in [0.5, 0.6) is 0 Å². The lowest BCUT2D eigenvalue weighted by Crippen LogP contribution is -2.53. The predicted octanol–water partition coefficient (Wildman–Crippen LogP) is -3.66. The minimum atomic E-state index is -1.61. The van der Waals surface area contributed by atoms with Crippen molar-refractivity contribution in [3.8, 4) is 0 Å². The summed E-state index contributed by atoms with van der Waals surface area (Å²) in [6, 6.07) is -0.770. The Morgan fingerprint density at radius 2 is 1.27 bits per heavy atom. The molecule has 3 amide bonds. The molecule has 5 aliphatic rings. The van der Waals surface area contributed by atoms with Gasteiger partial charge in [0.05, 0.1) is 32.1 Å². The Labute approximate surface area is 297 Å². The zero-order valence-corrected chi connectivity index (χ0v) is 29.3. The van der Waals surface area contributed by atoms with E-state index in [0.717, 1.165) is 12.8 Å². The van der Waals surface area contributed by atoms with Crippen LogP contribution in [-0.2, 0) is 43.3 Å². The summed E-state index contributed by atoms with van der Waals surface area (Å²) in [6.45, 7) is 5.98. The molecule has 0 aromatic heterocycles. The summed E-state index contributed by atoms with van der Waals surface area (Å²) >= 11 is 0. The third-order valence-corrected chi connectivity index (χ3v) is 10.3. The Kier molecular flexibility index (Phi) is 14.0. The maximum Gasteiger partial charge on any atom is 0.475 e. The van der Waals surface area contributed by atoms with Gasteiger partial charge in [-0.05, 0) is 51.4 Å². The number of fused-ring (bicyclic) bond motifs is 7. The first-order valence-electron chi connectivity index (χ1n) is 18.0. The number of carbonyl (C=O) groups is 6. The summed E-state index contributed by atoms with van der Waals surface area (Å²) in [5.41, 5.74) is 0.